The number of nitrogens with one attached hydrogen (secondary N) is 1. The lowest BCUT2D eigenvalue weighted by Gasteiger charge is -2.30. The van der Waals surface area contributed by atoms with E-state index >= 15 is 0 Å². The van der Waals surface area contributed by atoms with Crippen molar-refractivity contribution in [3.8, 4) is 0 Å². The van der Waals surface area contributed by atoms with Crippen LogP contribution in [0.2, 0.25) is 0 Å². The van der Waals surface area contributed by atoms with Crippen molar-refractivity contribution in [2.45, 2.75) is 6.92 Å². The van der Waals surface area contributed by atoms with Crippen molar-refractivity contribution in [1.29, 1.82) is 0 Å². The first-order chi connectivity index (χ1) is 10.7. The summed E-state index contributed by atoms with van der Waals surface area (Å²) in [4.78, 5) is 18.8. The number of aryl methyl sites for hydroxylation is 1. The number of morpholine rings is 1. The Morgan fingerprint density at radius 2 is 1.95 bits per heavy atom. The van der Waals surface area contributed by atoms with Crippen LogP contribution in [0.15, 0.2) is 42.6 Å². The molecule has 0 aliphatic carbocycles. The summed E-state index contributed by atoms with van der Waals surface area (Å²) in [5.74, 6) is -0.145. The number of anilines is 2. The fourth-order valence-electron chi connectivity index (χ4n) is 2.46. The van der Waals surface area contributed by atoms with Crippen molar-refractivity contribution >= 4 is 17.3 Å². The van der Waals surface area contributed by atoms with E-state index in [-0.39, 0.29) is 5.91 Å². The van der Waals surface area contributed by atoms with Gasteiger partial charge in [-0.25, -0.2) is 0 Å². The molecule has 0 unspecified atom stereocenters. The minimum atomic E-state index is -0.145. The van der Waals surface area contributed by atoms with Gasteiger partial charge in [0.25, 0.3) is 5.91 Å². The van der Waals surface area contributed by atoms with Gasteiger partial charge in [-0.05, 0) is 31.2 Å². The van der Waals surface area contributed by atoms with Crippen molar-refractivity contribution in [3.05, 3.63) is 53.9 Å². The molecule has 0 atom stereocenters. The van der Waals surface area contributed by atoms with Crippen molar-refractivity contribution in [3.63, 3.8) is 0 Å². The van der Waals surface area contributed by atoms with Crippen LogP contribution in [0.5, 0.6) is 0 Å². The number of para-hydroxylation sites is 2. The van der Waals surface area contributed by atoms with E-state index in [9.17, 15) is 4.79 Å². The van der Waals surface area contributed by atoms with E-state index in [1.54, 1.807) is 12.3 Å². The lowest BCUT2D eigenvalue weighted by atomic mass is 10.2. The van der Waals surface area contributed by atoms with Crippen molar-refractivity contribution in [2.24, 2.45) is 0 Å². The van der Waals surface area contributed by atoms with Crippen LogP contribution in [0.4, 0.5) is 11.4 Å². The minimum absolute atomic E-state index is 0.145. The molecule has 2 heterocycles. The average molecular weight is 297 g/mol. The number of benzene rings is 1. The van der Waals surface area contributed by atoms with Gasteiger partial charge in [-0.15, -0.1) is 0 Å². The molecule has 1 saturated heterocycles. The summed E-state index contributed by atoms with van der Waals surface area (Å²) in [6, 6.07) is 11.5. The van der Waals surface area contributed by atoms with E-state index in [1.807, 2.05) is 37.3 Å². The second-order valence-corrected chi connectivity index (χ2v) is 5.26. The van der Waals surface area contributed by atoms with Crippen LogP contribution in [0.25, 0.3) is 0 Å². The number of hydrogen-bond donors (Lipinski definition) is 1. The van der Waals surface area contributed by atoms with Crippen molar-refractivity contribution in [1.82, 2.24) is 4.98 Å². The highest BCUT2D eigenvalue weighted by Crippen LogP contribution is 2.26. The molecule has 1 fully saturated rings. The Morgan fingerprint density at radius 1 is 1.18 bits per heavy atom. The van der Waals surface area contributed by atoms with E-state index in [0.29, 0.717) is 18.8 Å². The standard InChI is InChI=1S/C17H19N3O2/c1-13-6-7-14(12-18-13)17(21)19-15-4-2-3-5-16(15)20-8-10-22-11-9-20/h2-7,12H,8-11H2,1H3,(H,19,21). The van der Waals surface area contributed by atoms with E-state index < -0.39 is 0 Å². The fraction of sp³-hybridized carbons (Fsp3) is 0.294. The number of pyridine rings is 1. The van der Waals surface area contributed by atoms with Crippen LogP contribution >= 0.6 is 0 Å². The third-order valence-electron chi connectivity index (χ3n) is 3.68. The zero-order valence-electron chi connectivity index (χ0n) is 12.6. The number of nitrogens with zero attached hydrogens (tertiary/aromatic N) is 2. The highest BCUT2D eigenvalue weighted by Gasteiger charge is 2.16. The third-order valence-corrected chi connectivity index (χ3v) is 3.68. The first-order valence-electron chi connectivity index (χ1n) is 7.40. The molecule has 1 N–H and O–H groups in total. The van der Waals surface area contributed by atoms with Gasteiger partial charge in [-0.2, -0.15) is 0 Å². The highest BCUT2D eigenvalue weighted by molar-refractivity contribution is 6.05. The molecule has 1 aromatic carbocycles. The fourth-order valence-corrected chi connectivity index (χ4v) is 2.46. The SMILES string of the molecule is Cc1ccc(C(=O)Nc2ccccc2N2CCOCC2)cn1. The number of rotatable bonds is 3. The Labute approximate surface area is 129 Å². The Morgan fingerprint density at radius 3 is 2.68 bits per heavy atom. The maximum Gasteiger partial charge on any atom is 0.257 e. The normalized spacial score (nSPS) is 14.7. The predicted octanol–water partition coefficient (Wildman–Crippen LogP) is 2.48. The van der Waals surface area contributed by atoms with Crippen LogP contribution in [-0.4, -0.2) is 37.2 Å². The van der Waals surface area contributed by atoms with Crippen LogP contribution in [0.3, 0.4) is 0 Å². The first kappa shape index (κ1) is 14.5. The van der Waals surface area contributed by atoms with Gasteiger partial charge in [0.2, 0.25) is 0 Å². The molecular weight excluding hydrogens is 278 g/mol. The van der Waals surface area contributed by atoms with Gasteiger partial charge < -0.3 is 15.0 Å². The molecule has 5 nitrogen and oxygen atoms in total. The summed E-state index contributed by atoms with van der Waals surface area (Å²) in [6.07, 6.45) is 1.60. The highest BCUT2D eigenvalue weighted by atomic mass is 16.5. The molecule has 114 valence electrons. The van der Waals surface area contributed by atoms with E-state index in [4.69, 9.17) is 4.74 Å². The Kier molecular flexibility index (Phi) is 4.34. The molecule has 0 bridgehead atoms. The van der Waals surface area contributed by atoms with Gasteiger partial charge >= 0.3 is 0 Å². The summed E-state index contributed by atoms with van der Waals surface area (Å²) >= 11 is 0. The molecule has 0 spiro atoms. The van der Waals surface area contributed by atoms with Gasteiger partial charge in [0, 0.05) is 25.0 Å². The van der Waals surface area contributed by atoms with Crippen LogP contribution in [-0.2, 0) is 4.74 Å². The summed E-state index contributed by atoms with van der Waals surface area (Å²) in [5.41, 5.74) is 3.29. The molecule has 2 aromatic rings. The third kappa shape index (κ3) is 3.26. The van der Waals surface area contributed by atoms with E-state index in [0.717, 1.165) is 30.2 Å². The molecule has 0 radical (unpaired) electrons. The maximum absolute atomic E-state index is 12.4. The number of amides is 1. The predicted molar refractivity (Wildman–Crippen MR) is 86.4 cm³/mol. The molecule has 22 heavy (non-hydrogen) atoms. The quantitative estimate of drug-likeness (QED) is 0.945. The van der Waals surface area contributed by atoms with E-state index in [2.05, 4.69) is 15.2 Å². The summed E-state index contributed by atoms with van der Waals surface area (Å²) in [7, 11) is 0. The molecule has 3 rings (SSSR count). The Balaban J connectivity index is 1.79. The van der Waals surface area contributed by atoms with Gasteiger partial charge in [-0.1, -0.05) is 12.1 Å². The van der Waals surface area contributed by atoms with Crippen LogP contribution < -0.4 is 10.2 Å². The topological polar surface area (TPSA) is 54.5 Å². The van der Waals surface area contributed by atoms with Gasteiger partial charge in [0.1, 0.15) is 0 Å². The van der Waals surface area contributed by atoms with Crippen molar-refractivity contribution in [2.75, 3.05) is 36.5 Å². The molecule has 1 aromatic heterocycles. The van der Waals surface area contributed by atoms with Crippen molar-refractivity contribution < 1.29 is 9.53 Å². The Bertz CT molecular complexity index is 649. The maximum atomic E-state index is 12.4. The average Bonchev–Trinajstić information content (AvgIpc) is 2.57. The second kappa shape index (κ2) is 6.58. The number of aromatic nitrogens is 1. The zero-order valence-corrected chi connectivity index (χ0v) is 12.6. The van der Waals surface area contributed by atoms with Crippen LogP contribution in [0, 0.1) is 6.92 Å². The zero-order chi connectivity index (χ0) is 15.4. The van der Waals surface area contributed by atoms with E-state index in [1.165, 1.54) is 0 Å². The van der Waals surface area contributed by atoms with Crippen LogP contribution in [0.1, 0.15) is 16.1 Å². The lowest BCUT2D eigenvalue weighted by Crippen LogP contribution is -2.36. The molecule has 1 amide bonds. The molecule has 0 saturated carbocycles. The smallest absolute Gasteiger partial charge is 0.257 e. The summed E-state index contributed by atoms with van der Waals surface area (Å²) < 4.78 is 5.39. The first-order valence-corrected chi connectivity index (χ1v) is 7.40. The Hall–Kier alpha value is -2.40. The second-order valence-electron chi connectivity index (χ2n) is 5.26. The molecular formula is C17H19N3O2. The van der Waals surface area contributed by atoms with Gasteiger partial charge in [0.05, 0.1) is 30.2 Å². The minimum Gasteiger partial charge on any atom is -0.378 e. The molecule has 1 aliphatic heterocycles. The largest absolute Gasteiger partial charge is 0.378 e. The lowest BCUT2D eigenvalue weighted by molar-refractivity contribution is 0.102. The molecule has 5 heteroatoms. The summed E-state index contributed by atoms with van der Waals surface area (Å²) in [6.45, 7) is 4.99. The monoisotopic (exact) mass is 297 g/mol. The summed E-state index contributed by atoms with van der Waals surface area (Å²) in [5, 5.41) is 2.98. The van der Waals surface area contributed by atoms with Gasteiger partial charge in [-0.3, -0.25) is 9.78 Å². The number of carbonyl (C=O) groups excluding carboxylic acids is 1. The number of carbonyl (C=O) groups is 1. The number of ether oxygens (including phenoxy) is 1. The molecule has 1 aliphatic rings. The van der Waals surface area contributed by atoms with Gasteiger partial charge in [0.15, 0.2) is 0 Å². The number of hydrogen-bond acceptors (Lipinski definition) is 4.